The molecule has 0 aliphatic carbocycles. The summed E-state index contributed by atoms with van der Waals surface area (Å²) in [7, 11) is 1.51. The van der Waals surface area contributed by atoms with E-state index in [9.17, 15) is 14.4 Å². The molecule has 0 spiro atoms. The highest BCUT2D eigenvalue weighted by Gasteiger charge is 2.62. The fraction of sp³-hybridized carbons (Fsp3) is 0.545. The molecule has 2 saturated heterocycles. The summed E-state index contributed by atoms with van der Waals surface area (Å²) >= 11 is 0. The average molecular weight is 220 g/mol. The summed E-state index contributed by atoms with van der Waals surface area (Å²) in [6.45, 7) is 1.48. The zero-order chi connectivity index (χ0) is 11.6. The molecule has 3 aliphatic rings. The van der Waals surface area contributed by atoms with Crippen LogP contribution in [-0.4, -0.2) is 46.7 Å². The van der Waals surface area contributed by atoms with Crippen LogP contribution in [0.5, 0.6) is 0 Å². The van der Waals surface area contributed by atoms with Crippen molar-refractivity contribution in [3.8, 4) is 0 Å². The summed E-state index contributed by atoms with van der Waals surface area (Å²) in [5, 5.41) is 0. The number of likely N-dealkylation sites (tertiary alicyclic amines) is 1. The molecule has 0 saturated carbocycles. The van der Waals surface area contributed by atoms with Gasteiger partial charge in [-0.15, -0.1) is 0 Å². The minimum Gasteiger partial charge on any atom is -0.328 e. The van der Waals surface area contributed by atoms with Gasteiger partial charge >= 0.3 is 0 Å². The van der Waals surface area contributed by atoms with E-state index in [-0.39, 0.29) is 41.6 Å². The van der Waals surface area contributed by atoms with Crippen molar-refractivity contribution in [2.45, 2.75) is 19.0 Å². The SMILES string of the molecule is CC(=O)N1[C@@H]2C=C[C@H]1[C@@H]1C(=O)N(C)C(=O)[C@@H]12. The molecule has 0 unspecified atom stereocenters. The number of carbonyl (C=O) groups excluding carboxylic acids is 3. The van der Waals surface area contributed by atoms with Crippen LogP contribution in [0.25, 0.3) is 0 Å². The van der Waals surface area contributed by atoms with Crippen LogP contribution < -0.4 is 0 Å². The lowest BCUT2D eigenvalue weighted by atomic mass is 9.85. The molecule has 2 fully saturated rings. The summed E-state index contributed by atoms with van der Waals surface area (Å²) in [5.41, 5.74) is 0. The topological polar surface area (TPSA) is 57.7 Å². The van der Waals surface area contributed by atoms with Crippen molar-refractivity contribution in [2.24, 2.45) is 11.8 Å². The van der Waals surface area contributed by atoms with Crippen LogP contribution in [-0.2, 0) is 14.4 Å². The Bertz CT molecular complexity index is 411. The van der Waals surface area contributed by atoms with Crippen molar-refractivity contribution >= 4 is 17.7 Å². The van der Waals surface area contributed by atoms with Gasteiger partial charge in [-0.1, -0.05) is 12.2 Å². The molecule has 2 bridgehead atoms. The number of hydrogen-bond donors (Lipinski definition) is 0. The Kier molecular flexibility index (Phi) is 1.63. The second-order valence-electron chi connectivity index (χ2n) is 4.58. The van der Waals surface area contributed by atoms with Gasteiger partial charge in [-0.25, -0.2) is 0 Å². The minimum absolute atomic E-state index is 0.0716. The minimum atomic E-state index is -0.351. The summed E-state index contributed by atoms with van der Waals surface area (Å²) < 4.78 is 0. The monoisotopic (exact) mass is 220 g/mol. The molecule has 0 N–H and O–H groups in total. The normalized spacial score (nSPS) is 39.9. The molecule has 0 radical (unpaired) electrons. The standard InChI is InChI=1S/C11H12N2O3/c1-5(14)13-6-3-4-7(13)9-8(6)10(15)12(2)11(9)16/h3-4,6-9H,1-2H3/t6-,7+,8-,9+. The second kappa shape index (κ2) is 2.72. The Morgan fingerprint density at radius 2 is 1.56 bits per heavy atom. The van der Waals surface area contributed by atoms with Crippen LogP contribution >= 0.6 is 0 Å². The Labute approximate surface area is 92.7 Å². The second-order valence-corrected chi connectivity index (χ2v) is 4.58. The Morgan fingerprint density at radius 1 is 1.12 bits per heavy atom. The highest BCUT2D eigenvalue weighted by atomic mass is 16.2. The molecular formula is C11H12N2O3. The molecule has 0 aromatic rings. The van der Waals surface area contributed by atoms with Gasteiger partial charge in [-0.05, 0) is 0 Å². The molecular weight excluding hydrogens is 208 g/mol. The van der Waals surface area contributed by atoms with Crippen molar-refractivity contribution in [2.75, 3.05) is 7.05 Å². The maximum atomic E-state index is 11.9. The molecule has 5 nitrogen and oxygen atoms in total. The van der Waals surface area contributed by atoms with E-state index in [0.29, 0.717) is 0 Å². The van der Waals surface area contributed by atoms with E-state index in [1.54, 1.807) is 4.90 Å². The average Bonchev–Trinajstić information content (AvgIpc) is 2.85. The molecule has 0 aromatic carbocycles. The van der Waals surface area contributed by atoms with E-state index in [0.717, 1.165) is 0 Å². The molecule has 16 heavy (non-hydrogen) atoms. The van der Waals surface area contributed by atoms with Crippen molar-refractivity contribution in [1.29, 1.82) is 0 Å². The Hall–Kier alpha value is -1.65. The number of nitrogens with zero attached hydrogens (tertiary/aromatic N) is 2. The molecule has 3 amide bonds. The number of amides is 3. The van der Waals surface area contributed by atoms with Gasteiger partial charge in [0.25, 0.3) is 0 Å². The summed E-state index contributed by atoms with van der Waals surface area (Å²) in [6.07, 6.45) is 3.75. The third-order valence-corrected chi connectivity index (χ3v) is 3.87. The number of hydrogen-bond acceptors (Lipinski definition) is 3. The molecule has 3 rings (SSSR count). The van der Waals surface area contributed by atoms with Gasteiger partial charge in [0.05, 0.1) is 23.9 Å². The maximum absolute atomic E-state index is 11.9. The van der Waals surface area contributed by atoms with Gasteiger partial charge < -0.3 is 4.90 Å². The largest absolute Gasteiger partial charge is 0.328 e. The maximum Gasteiger partial charge on any atom is 0.235 e. The van der Waals surface area contributed by atoms with E-state index < -0.39 is 0 Å². The highest BCUT2D eigenvalue weighted by molar-refractivity contribution is 6.07. The first kappa shape index (κ1) is 9.57. The lowest BCUT2D eigenvalue weighted by Gasteiger charge is -2.23. The van der Waals surface area contributed by atoms with Gasteiger partial charge in [0.1, 0.15) is 0 Å². The summed E-state index contributed by atoms with van der Waals surface area (Å²) in [5.74, 6) is -1.08. The van der Waals surface area contributed by atoms with Crippen LogP contribution in [0.2, 0.25) is 0 Å². The summed E-state index contributed by atoms with van der Waals surface area (Å²) in [4.78, 5) is 38.1. The molecule has 3 heterocycles. The molecule has 0 aromatic heterocycles. The lowest BCUT2D eigenvalue weighted by Crippen LogP contribution is -2.41. The van der Waals surface area contributed by atoms with E-state index >= 15 is 0 Å². The Balaban J connectivity index is 2.05. The molecule has 3 aliphatic heterocycles. The van der Waals surface area contributed by atoms with E-state index in [2.05, 4.69) is 0 Å². The number of fused-ring (bicyclic) bond motifs is 5. The van der Waals surface area contributed by atoms with Crippen LogP contribution in [0, 0.1) is 11.8 Å². The van der Waals surface area contributed by atoms with E-state index in [4.69, 9.17) is 0 Å². The number of carbonyl (C=O) groups is 3. The first-order chi connectivity index (χ1) is 7.54. The van der Waals surface area contributed by atoms with E-state index in [1.165, 1.54) is 18.9 Å². The highest BCUT2D eigenvalue weighted by Crippen LogP contribution is 2.46. The van der Waals surface area contributed by atoms with Gasteiger partial charge in [0.15, 0.2) is 0 Å². The molecule has 5 heteroatoms. The van der Waals surface area contributed by atoms with Gasteiger partial charge in [0.2, 0.25) is 17.7 Å². The quantitative estimate of drug-likeness (QED) is 0.404. The van der Waals surface area contributed by atoms with Crippen LogP contribution in [0.15, 0.2) is 12.2 Å². The smallest absolute Gasteiger partial charge is 0.235 e. The molecule has 84 valence electrons. The third kappa shape index (κ3) is 0.847. The first-order valence-corrected chi connectivity index (χ1v) is 5.32. The van der Waals surface area contributed by atoms with Crippen LogP contribution in [0.4, 0.5) is 0 Å². The lowest BCUT2D eigenvalue weighted by molar-refractivity contribution is -0.140. The van der Waals surface area contributed by atoms with Crippen molar-refractivity contribution in [1.82, 2.24) is 9.80 Å². The van der Waals surface area contributed by atoms with Gasteiger partial charge in [0, 0.05) is 14.0 Å². The predicted octanol–water partition coefficient (Wildman–Crippen LogP) is -0.614. The van der Waals surface area contributed by atoms with E-state index in [1.807, 2.05) is 12.2 Å². The number of rotatable bonds is 0. The zero-order valence-corrected chi connectivity index (χ0v) is 9.08. The molecule has 4 atom stereocenters. The third-order valence-electron chi connectivity index (χ3n) is 3.87. The Morgan fingerprint density at radius 3 is 1.94 bits per heavy atom. The zero-order valence-electron chi connectivity index (χ0n) is 9.08. The predicted molar refractivity (Wildman–Crippen MR) is 54.0 cm³/mol. The van der Waals surface area contributed by atoms with Crippen LogP contribution in [0.1, 0.15) is 6.92 Å². The number of imide groups is 1. The summed E-state index contributed by atoms with van der Waals surface area (Å²) in [6, 6.07) is -0.428. The fourth-order valence-corrected chi connectivity index (χ4v) is 3.20. The first-order valence-electron chi connectivity index (χ1n) is 5.32. The van der Waals surface area contributed by atoms with Crippen molar-refractivity contribution < 1.29 is 14.4 Å². The van der Waals surface area contributed by atoms with Crippen LogP contribution in [0.3, 0.4) is 0 Å². The van der Waals surface area contributed by atoms with Gasteiger partial charge in [-0.2, -0.15) is 0 Å². The van der Waals surface area contributed by atoms with Crippen molar-refractivity contribution in [3.05, 3.63) is 12.2 Å². The fourth-order valence-electron chi connectivity index (χ4n) is 3.20. The van der Waals surface area contributed by atoms with Gasteiger partial charge in [-0.3, -0.25) is 19.3 Å². The van der Waals surface area contributed by atoms with Crippen molar-refractivity contribution in [3.63, 3.8) is 0 Å².